The topological polar surface area (TPSA) is 50.2 Å². The van der Waals surface area contributed by atoms with Gasteiger partial charge < -0.3 is 10.2 Å². The lowest BCUT2D eigenvalue weighted by molar-refractivity contribution is -0.175. The zero-order valence-electron chi connectivity index (χ0n) is 17.9. The predicted molar refractivity (Wildman–Crippen MR) is 109 cm³/mol. The number of allylic oxidation sites excluding steroid dienone is 2. The summed E-state index contributed by atoms with van der Waals surface area (Å²) in [6, 6.07) is -0.152. The van der Waals surface area contributed by atoms with Gasteiger partial charge in [0.05, 0.1) is 5.69 Å². The second-order valence-electron chi connectivity index (χ2n) is 10.0. The van der Waals surface area contributed by atoms with Gasteiger partial charge in [-0.15, -0.1) is 0 Å². The van der Waals surface area contributed by atoms with Gasteiger partial charge in [0.1, 0.15) is 5.82 Å². The number of hydrogen-bond acceptors (Lipinski definition) is 3. The molecule has 8 heteroatoms. The largest absolute Gasteiger partial charge is 0.410 e. The van der Waals surface area contributed by atoms with Gasteiger partial charge in [-0.25, -0.2) is 4.68 Å². The molecule has 166 valence electrons. The van der Waals surface area contributed by atoms with Gasteiger partial charge in [-0.2, -0.15) is 18.3 Å². The smallest absolute Gasteiger partial charge is 0.367 e. The molecule has 2 aliphatic heterocycles. The van der Waals surface area contributed by atoms with Crippen molar-refractivity contribution in [1.29, 1.82) is 0 Å². The van der Waals surface area contributed by atoms with Crippen LogP contribution in [-0.4, -0.2) is 45.9 Å². The second-order valence-corrected chi connectivity index (χ2v) is 10.0. The number of likely N-dealkylation sites (tertiary alicyclic amines) is 1. The zero-order valence-corrected chi connectivity index (χ0v) is 17.9. The lowest BCUT2D eigenvalue weighted by atomic mass is 9.82. The van der Waals surface area contributed by atoms with Gasteiger partial charge in [-0.3, -0.25) is 4.79 Å². The van der Waals surface area contributed by atoms with Crippen molar-refractivity contribution < 1.29 is 18.0 Å². The lowest BCUT2D eigenvalue weighted by Gasteiger charge is -2.39. The number of anilines is 1. The first-order valence-corrected chi connectivity index (χ1v) is 10.9. The minimum atomic E-state index is -4.35. The summed E-state index contributed by atoms with van der Waals surface area (Å²) in [5.41, 5.74) is 0.352. The van der Waals surface area contributed by atoms with Crippen molar-refractivity contribution in [2.45, 2.75) is 77.1 Å². The Morgan fingerprint density at radius 2 is 1.97 bits per heavy atom. The predicted octanol–water partition coefficient (Wildman–Crippen LogP) is 4.89. The minimum Gasteiger partial charge on any atom is -0.367 e. The Kier molecular flexibility index (Phi) is 5.39. The van der Waals surface area contributed by atoms with Crippen LogP contribution in [0.25, 0.3) is 0 Å². The fourth-order valence-electron chi connectivity index (χ4n) is 4.84. The molecule has 0 bridgehead atoms. The summed E-state index contributed by atoms with van der Waals surface area (Å²) in [4.78, 5) is 14.7. The van der Waals surface area contributed by atoms with E-state index < -0.39 is 12.2 Å². The van der Waals surface area contributed by atoms with E-state index in [0.29, 0.717) is 24.6 Å². The van der Waals surface area contributed by atoms with Crippen molar-refractivity contribution in [3.63, 3.8) is 0 Å². The van der Waals surface area contributed by atoms with Crippen LogP contribution in [0.5, 0.6) is 0 Å². The van der Waals surface area contributed by atoms with Gasteiger partial charge >= 0.3 is 6.18 Å². The maximum atomic E-state index is 13.8. The van der Waals surface area contributed by atoms with Gasteiger partial charge in [0.25, 0.3) is 0 Å². The number of halogens is 3. The molecule has 1 amide bonds. The van der Waals surface area contributed by atoms with E-state index in [0.717, 1.165) is 30.4 Å². The molecule has 1 aromatic rings. The molecule has 1 aromatic heterocycles. The van der Waals surface area contributed by atoms with E-state index in [1.54, 1.807) is 6.07 Å². The Morgan fingerprint density at radius 1 is 1.20 bits per heavy atom. The summed E-state index contributed by atoms with van der Waals surface area (Å²) in [6.07, 6.45) is 3.12. The zero-order chi connectivity index (χ0) is 21.7. The van der Waals surface area contributed by atoms with Crippen LogP contribution in [0.4, 0.5) is 19.0 Å². The number of nitrogens with one attached hydrogen (secondary N) is 1. The van der Waals surface area contributed by atoms with Gasteiger partial charge in [0.2, 0.25) is 5.91 Å². The van der Waals surface area contributed by atoms with Crippen LogP contribution in [0.15, 0.2) is 18.2 Å². The number of rotatable bonds is 2. The summed E-state index contributed by atoms with van der Waals surface area (Å²) in [7, 11) is 0. The van der Waals surface area contributed by atoms with E-state index >= 15 is 0 Å². The molecule has 0 aromatic carbocycles. The fourth-order valence-corrected chi connectivity index (χ4v) is 4.84. The average molecular weight is 425 g/mol. The van der Waals surface area contributed by atoms with E-state index in [1.807, 2.05) is 25.7 Å². The third kappa shape index (κ3) is 4.10. The minimum absolute atomic E-state index is 0.0186. The molecular formula is C22H31F3N4O. The number of hydrogen-bond donors (Lipinski definition) is 1. The number of fused-ring (bicyclic) bond motifs is 1. The second kappa shape index (κ2) is 7.61. The van der Waals surface area contributed by atoms with E-state index in [9.17, 15) is 18.0 Å². The van der Waals surface area contributed by atoms with E-state index in [4.69, 9.17) is 0 Å². The molecule has 4 atom stereocenters. The van der Waals surface area contributed by atoms with Crippen LogP contribution < -0.4 is 5.32 Å². The Labute approximate surface area is 175 Å². The van der Waals surface area contributed by atoms with Crippen LogP contribution in [-0.2, 0) is 4.79 Å². The van der Waals surface area contributed by atoms with Crippen molar-refractivity contribution >= 4 is 11.7 Å². The standard InChI is InChI=1S/C22H31F3N4O/c1-21(2,3)17-12-18(22(23,24)25)29-19(26-17)11-16(27-29)15-9-10-28(13-15)20(30)14-7-5-4-6-8-14/h4-5,11,14-15,17-18,26H,6-10,12-13H2,1-3H3/t14-,15+,17+,18-/m1/s1. The Balaban J connectivity index is 1.52. The van der Waals surface area contributed by atoms with E-state index in [2.05, 4.69) is 22.6 Å². The molecule has 1 N–H and O–H groups in total. The highest BCUT2D eigenvalue weighted by molar-refractivity contribution is 5.79. The lowest BCUT2D eigenvalue weighted by Crippen LogP contribution is -2.44. The number of nitrogens with zero attached hydrogens (tertiary/aromatic N) is 3. The van der Waals surface area contributed by atoms with Gasteiger partial charge in [0.15, 0.2) is 6.04 Å². The van der Waals surface area contributed by atoms with E-state index in [1.165, 1.54) is 0 Å². The van der Waals surface area contributed by atoms with Crippen LogP contribution in [0.1, 0.15) is 70.5 Å². The van der Waals surface area contributed by atoms with Gasteiger partial charge in [-0.1, -0.05) is 32.9 Å². The Morgan fingerprint density at radius 3 is 2.60 bits per heavy atom. The highest BCUT2D eigenvalue weighted by Crippen LogP contribution is 2.44. The van der Waals surface area contributed by atoms with Crippen LogP contribution in [0.2, 0.25) is 0 Å². The number of carbonyl (C=O) groups is 1. The van der Waals surface area contributed by atoms with Crippen molar-refractivity contribution in [3.05, 3.63) is 23.9 Å². The molecule has 1 fully saturated rings. The molecule has 1 saturated heterocycles. The monoisotopic (exact) mass is 424 g/mol. The molecule has 0 unspecified atom stereocenters. The molecule has 3 aliphatic rings. The summed E-state index contributed by atoms with van der Waals surface area (Å²) in [5.74, 6) is 0.619. The number of amides is 1. The van der Waals surface area contributed by atoms with E-state index in [-0.39, 0.29) is 35.6 Å². The van der Waals surface area contributed by atoms with Crippen LogP contribution in [0.3, 0.4) is 0 Å². The normalized spacial score (nSPS) is 29.6. The van der Waals surface area contributed by atoms with Gasteiger partial charge in [0, 0.05) is 37.0 Å². The molecule has 1 aliphatic carbocycles. The number of alkyl halides is 3. The molecule has 4 rings (SSSR count). The van der Waals surface area contributed by atoms with Crippen LogP contribution >= 0.6 is 0 Å². The molecule has 5 nitrogen and oxygen atoms in total. The van der Waals surface area contributed by atoms with Gasteiger partial charge in [-0.05, 0) is 37.5 Å². The third-order valence-electron chi connectivity index (χ3n) is 6.79. The number of carbonyl (C=O) groups excluding carboxylic acids is 1. The van der Waals surface area contributed by atoms with Crippen molar-refractivity contribution in [3.8, 4) is 0 Å². The van der Waals surface area contributed by atoms with Crippen LogP contribution in [0, 0.1) is 11.3 Å². The maximum absolute atomic E-state index is 13.8. The fraction of sp³-hybridized carbons (Fsp3) is 0.727. The SMILES string of the molecule is CC(C)(C)[C@@H]1C[C@H](C(F)(F)F)n2nc([C@H]3CCN(C(=O)[C@@H]4CC=CCC4)C3)cc2N1. The molecule has 0 saturated carbocycles. The highest BCUT2D eigenvalue weighted by atomic mass is 19.4. The number of aromatic nitrogens is 2. The summed E-state index contributed by atoms with van der Waals surface area (Å²) >= 11 is 0. The Bertz CT molecular complexity index is 823. The van der Waals surface area contributed by atoms with Crippen molar-refractivity contribution in [1.82, 2.24) is 14.7 Å². The summed E-state index contributed by atoms with van der Waals surface area (Å²) < 4.78 is 42.5. The molecule has 0 radical (unpaired) electrons. The first kappa shape index (κ1) is 21.2. The first-order chi connectivity index (χ1) is 14.0. The molecule has 30 heavy (non-hydrogen) atoms. The molecule has 0 spiro atoms. The van der Waals surface area contributed by atoms with Crippen molar-refractivity contribution in [2.24, 2.45) is 11.3 Å². The average Bonchev–Trinajstić information content (AvgIpc) is 3.32. The Hall–Kier alpha value is -1.99. The maximum Gasteiger partial charge on any atom is 0.410 e. The molecular weight excluding hydrogens is 393 g/mol. The summed E-state index contributed by atoms with van der Waals surface area (Å²) in [6.45, 7) is 7.03. The van der Waals surface area contributed by atoms with Crippen molar-refractivity contribution in [2.75, 3.05) is 18.4 Å². The highest BCUT2D eigenvalue weighted by Gasteiger charge is 2.48. The first-order valence-electron chi connectivity index (χ1n) is 10.9. The summed E-state index contributed by atoms with van der Waals surface area (Å²) in [5, 5.41) is 7.67. The third-order valence-corrected chi connectivity index (χ3v) is 6.79. The quantitative estimate of drug-likeness (QED) is 0.688. The molecule has 3 heterocycles.